The van der Waals surface area contributed by atoms with Gasteiger partial charge in [-0.15, -0.1) is 5.69 Å². The van der Waals surface area contributed by atoms with Crippen LogP contribution in [0, 0.1) is 50.9 Å². The molecule has 20 rings (SSSR count). The molecule has 4 radical (unpaired) electrons. The Balaban J connectivity index is 0.000000130. The first-order valence-corrected chi connectivity index (χ1v) is 44.3. The fourth-order valence-corrected chi connectivity index (χ4v) is 26.1. The number of para-hydroxylation sites is 4. The van der Waals surface area contributed by atoms with Crippen molar-refractivity contribution >= 4 is 134 Å². The smallest absolute Gasteiger partial charge is 0 e. The molecule has 7 aliphatic heterocycles. The van der Waals surface area contributed by atoms with Gasteiger partial charge in [-0.3, -0.25) is 0 Å². The normalized spacial score (nSPS) is 16.2. The van der Waals surface area contributed by atoms with Crippen molar-refractivity contribution in [3.05, 3.63) is 363 Å². The molecule has 0 amide bonds. The molecule has 8 heterocycles. The van der Waals surface area contributed by atoms with Gasteiger partial charge in [0.2, 0.25) is 9.84 Å². The van der Waals surface area contributed by atoms with Gasteiger partial charge in [-0.25, -0.2) is 8.42 Å². The van der Waals surface area contributed by atoms with Crippen molar-refractivity contribution in [2.24, 2.45) is 0 Å². The van der Waals surface area contributed by atoms with Crippen LogP contribution in [0.4, 0.5) is 22.7 Å². The van der Waals surface area contributed by atoms with Gasteiger partial charge in [-0.2, -0.15) is 37.0 Å². The zero-order valence-electron chi connectivity index (χ0n) is 62.3. The summed E-state index contributed by atoms with van der Waals surface area (Å²) in [5, 5.41) is 2.80. The van der Waals surface area contributed by atoms with Gasteiger partial charge in [0.25, 0.3) is 0 Å². The molecule has 12 aromatic carbocycles. The number of benzene rings is 12. The van der Waals surface area contributed by atoms with E-state index in [2.05, 4.69) is 197 Å². The molecule has 0 spiro atoms. The van der Waals surface area contributed by atoms with Crippen LogP contribution in [-0.4, -0.2) is 97.3 Å². The summed E-state index contributed by atoms with van der Waals surface area (Å²) in [5.41, 5.74) is 22.8. The molecule has 21 heteroatoms. The van der Waals surface area contributed by atoms with Crippen molar-refractivity contribution in [1.29, 1.82) is 0 Å². The first-order chi connectivity index (χ1) is 52.8. The number of anilines is 4. The Morgan fingerprint density at radius 2 is 0.708 bits per heavy atom. The quantitative estimate of drug-likeness (QED) is 0.106. The molecule has 0 aliphatic carbocycles. The van der Waals surface area contributed by atoms with Crippen LogP contribution >= 0.6 is 0 Å². The van der Waals surface area contributed by atoms with Crippen LogP contribution in [0.3, 0.4) is 0 Å². The summed E-state index contributed by atoms with van der Waals surface area (Å²) in [7, 11) is 4.75. The predicted molar refractivity (Wildman–Crippen MR) is 441 cm³/mol. The molecule has 1 aromatic heterocycles. The van der Waals surface area contributed by atoms with Gasteiger partial charge in [0, 0.05) is 103 Å². The number of sulfone groups is 1. The number of hydrogen-bond acceptors (Lipinski definition) is 13. The summed E-state index contributed by atoms with van der Waals surface area (Å²) in [6.45, 7) is 16.7. The third-order valence-electron chi connectivity index (χ3n) is 20.7. The molecule has 7 aliphatic rings. The minimum Gasteiger partial charge on any atom is 0 e. The molecule has 13 aromatic rings. The third-order valence-corrected chi connectivity index (χ3v) is 32.1. The van der Waals surface area contributed by atoms with Gasteiger partial charge in [0.15, 0.2) is 0 Å². The minimum absolute atomic E-state index is 0. The zero-order valence-corrected chi connectivity index (χ0v) is 77.8. The van der Waals surface area contributed by atoms with Gasteiger partial charge in [-0.1, -0.05) is 24.3 Å². The number of nitrogens with zero attached hydrogens (tertiary/aromatic N) is 8. The van der Waals surface area contributed by atoms with E-state index in [0.29, 0.717) is 33.2 Å². The van der Waals surface area contributed by atoms with Crippen LogP contribution < -0.4 is 37.4 Å². The van der Waals surface area contributed by atoms with E-state index in [4.69, 9.17) is 0 Å². The largest absolute Gasteiger partial charge is 0 e. The van der Waals surface area contributed by atoms with Crippen LogP contribution in [0.25, 0.3) is 75.5 Å². The Bertz CT molecular complexity index is 6050. The summed E-state index contributed by atoms with van der Waals surface area (Å²) >= 11 is -6.02. The topological polar surface area (TPSA) is 111 Å². The second-order valence-electron chi connectivity index (χ2n) is 27.3. The summed E-state index contributed by atoms with van der Waals surface area (Å²) < 4.78 is 70.2. The Labute approximate surface area is 727 Å². The van der Waals surface area contributed by atoms with Crippen molar-refractivity contribution in [3.8, 4) is 33.4 Å². The molecule has 0 saturated heterocycles. The van der Waals surface area contributed by atoms with Gasteiger partial charge in [0.1, 0.15) is 0 Å². The molecule has 1 atom stereocenters. The fourth-order valence-electron chi connectivity index (χ4n) is 15.7. The Hall–Kier alpha value is -8.49. The molecule has 0 N–H and O–H groups in total. The van der Waals surface area contributed by atoms with E-state index < -0.39 is 36.4 Å². The zero-order chi connectivity index (χ0) is 75.1. The van der Waals surface area contributed by atoms with Crippen molar-refractivity contribution in [2.45, 2.75) is 37.5 Å². The van der Waals surface area contributed by atoms with Crippen molar-refractivity contribution < 1.29 is 100 Å². The Kier molecular flexibility index (Phi) is 24.6. The second-order valence-corrected chi connectivity index (χ2v) is 38.4. The maximum atomic E-state index is 12.9. The molecule has 113 heavy (non-hydrogen) atoms. The molecule has 0 bridgehead atoms. The summed E-state index contributed by atoms with van der Waals surface area (Å²) in [4.78, 5) is 17.8. The average Bonchev–Trinajstić information content (AvgIpc) is 1.58. The number of hydrogen-bond donors (Lipinski definition) is 0. The fraction of sp³-hybridized carbons (Fsp3) is 0.0870. The standard InChI is InChI=1S/C23H18N2O2S.C23H18N2O2Se.C23H18N2OSe.C23H18N2Se.4Ir/c2*1-16-23(24(2)15-25(16)18-8-4-3-5-9-18)17-12-13-22-20(14-17)19-10-6-7-11-21(19)28(22,26)27;1-16-23(24(2)15-25(16)18-8-4-3-5-9-18)17-12-13-22-20(14-17)19-10-6-7-11-21(19)27(22)26;1-16-23(24(2)15-25(16)18-8-4-3-5-9-18)17-12-13-22-20(14-17)19-10-6-7-11-21(19)26-22;;;;/h2*3-8,10-15H,1-2H3;3-8,10-15H,1-2H3;3-8,10-15H,1-2H3;;;;/q4*-2;;;;. The molecule has 1 unspecified atom stereocenters. The molecule has 0 saturated carbocycles. The SMILES string of the molecule is CC1=C(c2ccc3[se]c4ccccc4c3c2)N(C)[CH-]N1c1[c-]cccc1.CC1=C(c2ccc3c(c2)-c2ccccc2S3(=O)=O)N(C)[CH-]N1c1[c-]cccc1.CC1=C(c2ccc3c(c2)-c2ccccc2[Se]3(=O)=O)N(C)[CH-]N1c1[c-]cccc1.CC1=C(c2ccc3c(c2)-c2ccccc2[Se]3=O)N(C)[CH-]N1c1[c-]cccc1.[Ir].[Ir].[Ir].[Ir]. The van der Waals surface area contributed by atoms with Crippen LogP contribution in [-0.2, 0) is 102 Å². The molecule has 578 valence electrons. The average molecular weight is 2410 g/mol. The van der Waals surface area contributed by atoms with Gasteiger partial charge in [0.05, 0.1) is 9.79 Å². The summed E-state index contributed by atoms with van der Waals surface area (Å²) in [6, 6.07) is 101. The monoisotopic (exact) mass is 2410 g/mol. The Morgan fingerprint density at radius 3 is 1.21 bits per heavy atom. The van der Waals surface area contributed by atoms with Crippen molar-refractivity contribution in [2.75, 3.05) is 47.8 Å². The van der Waals surface area contributed by atoms with Crippen LogP contribution in [0.2, 0.25) is 0 Å². The molecular formula is C92H72Ir4N8O5SSe3-8. The maximum absolute atomic E-state index is 12.9. The first-order valence-electron chi connectivity index (χ1n) is 35.6. The van der Waals surface area contributed by atoms with Gasteiger partial charge < -0.3 is 9.80 Å². The number of fused-ring (bicyclic) bond motifs is 12. The minimum atomic E-state index is -4.30. The second kappa shape index (κ2) is 33.8. The number of allylic oxidation sites excluding steroid dienone is 4. The van der Waals surface area contributed by atoms with Crippen LogP contribution in [0.15, 0.2) is 299 Å². The van der Waals surface area contributed by atoms with Crippen LogP contribution in [0.5, 0.6) is 0 Å². The molecular weight excluding hydrogens is 2330 g/mol. The van der Waals surface area contributed by atoms with E-state index >= 15 is 0 Å². The van der Waals surface area contributed by atoms with Crippen molar-refractivity contribution in [1.82, 2.24) is 19.6 Å². The van der Waals surface area contributed by atoms with Gasteiger partial charge in [-0.05, 0) is 37.7 Å². The molecule has 0 fully saturated rings. The van der Waals surface area contributed by atoms with E-state index in [9.17, 15) is 19.9 Å². The summed E-state index contributed by atoms with van der Waals surface area (Å²) in [5.74, 6) is 0. The summed E-state index contributed by atoms with van der Waals surface area (Å²) in [6.07, 6.45) is 0. The van der Waals surface area contributed by atoms with E-state index in [1.54, 1.807) is 36.4 Å². The van der Waals surface area contributed by atoms with E-state index in [0.717, 1.165) is 116 Å². The molecule has 13 nitrogen and oxygen atoms in total. The first kappa shape index (κ1) is 82.5. The maximum Gasteiger partial charge on any atom is 0 e. The van der Waals surface area contributed by atoms with Crippen molar-refractivity contribution in [3.63, 3.8) is 0 Å². The van der Waals surface area contributed by atoms with E-state index in [1.807, 2.05) is 179 Å². The van der Waals surface area contributed by atoms with E-state index in [1.165, 1.54) is 36.3 Å². The van der Waals surface area contributed by atoms with Gasteiger partial charge >= 0.3 is 490 Å². The Morgan fingerprint density at radius 1 is 0.345 bits per heavy atom. The third kappa shape index (κ3) is 14.9. The number of rotatable bonds is 8. The predicted octanol–water partition coefficient (Wildman–Crippen LogP) is 16.1. The van der Waals surface area contributed by atoms with Crippen LogP contribution in [0.1, 0.15) is 49.9 Å². The van der Waals surface area contributed by atoms with E-state index in [-0.39, 0.29) is 80.4 Å².